The van der Waals surface area contributed by atoms with Crippen LogP contribution >= 0.6 is 22.9 Å². The van der Waals surface area contributed by atoms with Crippen molar-refractivity contribution in [1.82, 2.24) is 9.97 Å². The van der Waals surface area contributed by atoms with Crippen LogP contribution < -0.4 is 5.32 Å². The molecule has 146 valence electrons. The third kappa shape index (κ3) is 4.47. The van der Waals surface area contributed by atoms with Gasteiger partial charge in [0, 0.05) is 33.6 Å². The summed E-state index contributed by atoms with van der Waals surface area (Å²) < 4.78 is 0. The second-order valence-electron chi connectivity index (χ2n) is 6.98. The molecule has 6 heteroatoms. The lowest BCUT2D eigenvalue weighted by Gasteiger charge is -2.12. The van der Waals surface area contributed by atoms with Crippen LogP contribution in [0, 0.1) is 13.8 Å². The summed E-state index contributed by atoms with van der Waals surface area (Å²) in [6.45, 7) is 4.00. The molecule has 0 aliphatic heterocycles. The third-order valence-electron chi connectivity index (χ3n) is 4.91. The van der Waals surface area contributed by atoms with Gasteiger partial charge >= 0.3 is 0 Å². The Bertz CT molecular complexity index is 1180. The molecule has 4 nitrogen and oxygen atoms in total. The Balaban J connectivity index is 1.46. The molecule has 2 aromatic heterocycles. The minimum absolute atomic E-state index is 0.0827. The monoisotopic (exact) mass is 421 g/mol. The summed E-state index contributed by atoms with van der Waals surface area (Å²) in [6.07, 6.45) is 2.85. The highest BCUT2D eigenvalue weighted by atomic mass is 35.5. The molecule has 2 heterocycles. The van der Waals surface area contributed by atoms with Gasteiger partial charge in [0.1, 0.15) is 0 Å². The maximum atomic E-state index is 12.6. The molecule has 0 fully saturated rings. The molecule has 0 atom stereocenters. The van der Waals surface area contributed by atoms with E-state index in [0.29, 0.717) is 5.13 Å². The van der Waals surface area contributed by atoms with Gasteiger partial charge in [0.2, 0.25) is 5.91 Å². The van der Waals surface area contributed by atoms with Gasteiger partial charge < -0.3 is 5.32 Å². The molecule has 0 spiro atoms. The lowest BCUT2D eigenvalue weighted by Crippen LogP contribution is -2.16. The SMILES string of the molecule is Cc1nc2ccccc2c(C)c1CC(=O)Nc1ncc(Cc2ccc(Cl)cc2)s1. The van der Waals surface area contributed by atoms with E-state index >= 15 is 0 Å². The molecule has 1 amide bonds. The number of hydrogen-bond acceptors (Lipinski definition) is 4. The number of para-hydroxylation sites is 1. The Kier molecular flexibility index (Phi) is 5.60. The van der Waals surface area contributed by atoms with E-state index in [0.717, 1.165) is 49.6 Å². The molecule has 0 unspecified atom stereocenters. The third-order valence-corrected chi connectivity index (χ3v) is 6.08. The van der Waals surface area contributed by atoms with Gasteiger partial charge in [-0.05, 0) is 48.7 Å². The number of anilines is 1. The summed E-state index contributed by atoms with van der Waals surface area (Å²) >= 11 is 7.43. The molecule has 0 aliphatic rings. The zero-order chi connectivity index (χ0) is 20.4. The maximum absolute atomic E-state index is 12.6. The lowest BCUT2D eigenvalue weighted by molar-refractivity contribution is -0.115. The molecule has 0 aliphatic carbocycles. The molecule has 0 saturated heterocycles. The van der Waals surface area contributed by atoms with E-state index < -0.39 is 0 Å². The molecular weight excluding hydrogens is 402 g/mol. The van der Waals surface area contributed by atoms with Crippen molar-refractivity contribution in [1.29, 1.82) is 0 Å². The van der Waals surface area contributed by atoms with Gasteiger partial charge in [-0.3, -0.25) is 9.78 Å². The zero-order valence-electron chi connectivity index (χ0n) is 16.2. The number of rotatable bonds is 5. The van der Waals surface area contributed by atoms with E-state index in [9.17, 15) is 4.79 Å². The smallest absolute Gasteiger partial charge is 0.230 e. The Morgan fingerprint density at radius 3 is 2.66 bits per heavy atom. The van der Waals surface area contributed by atoms with E-state index in [1.165, 1.54) is 11.3 Å². The fraction of sp³-hybridized carbons (Fsp3) is 0.174. The number of benzene rings is 2. The Hall–Kier alpha value is -2.76. The van der Waals surface area contributed by atoms with E-state index in [1.807, 2.05) is 68.6 Å². The van der Waals surface area contributed by atoms with Gasteiger partial charge in [-0.15, -0.1) is 11.3 Å². The highest BCUT2D eigenvalue weighted by Gasteiger charge is 2.14. The lowest BCUT2D eigenvalue weighted by atomic mass is 9.99. The Labute approximate surface area is 178 Å². The summed E-state index contributed by atoms with van der Waals surface area (Å²) in [6, 6.07) is 15.8. The van der Waals surface area contributed by atoms with Crippen LogP contribution in [0.2, 0.25) is 5.02 Å². The van der Waals surface area contributed by atoms with Crippen LogP contribution in [0.1, 0.15) is 27.3 Å². The Morgan fingerprint density at radius 2 is 1.86 bits per heavy atom. The van der Waals surface area contributed by atoms with E-state index in [2.05, 4.69) is 15.3 Å². The first-order valence-corrected chi connectivity index (χ1v) is 10.5. The zero-order valence-corrected chi connectivity index (χ0v) is 17.8. The number of thiazole rings is 1. The summed E-state index contributed by atoms with van der Waals surface area (Å²) in [5.74, 6) is -0.0827. The van der Waals surface area contributed by atoms with Crippen LogP contribution in [0.5, 0.6) is 0 Å². The van der Waals surface area contributed by atoms with Crippen LogP contribution in [0.25, 0.3) is 10.9 Å². The molecule has 0 saturated carbocycles. The van der Waals surface area contributed by atoms with E-state index in [1.54, 1.807) is 0 Å². The van der Waals surface area contributed by atoms with E-state index in [4.69, 9.17) is 11.6 Å². The second-order valence-corrected chi connectivity index (χ2v) is 8.53. The highest BCUT2D eigenvalue weighted by molar-refractivity contribution is 7.15. The molecule has 4 aromatic rings. The molecule has 4 rings (SSSR count). The molecule has 29 heavy (non-hydrogen) atoms. The fourth-order valence-corrected chi connectivity index (χ4v) is 4.39. The van der Waals surface area contributed by atoms with Crippen molar-refractivity contribution in [2.75, 3.05) is 5.32 Å². The van der Waals surface area contributed by atoms with Crippen LogP contribution in [0.15, 0.2) is 54.7 Å². The van der Waals surface area contributed by atoms with Gasteiger partial charge in [0.15, 0.2) is 5.13 Å². The fourth-order valence-electron chi connectivity index (χ4n) is 3.41. The van der Waals surface area contributed by atoms with Crippen molar-refractivity contribution in [3.8, 4) is 0 Å². The number of carbonyl (C=O) groups is 1. The minimum atomic E-state index is -0.0827. The second kappa shape index (κ2) is 8.31. The highest BCUT2D eigenvalue weighted by Crippen LogP contribution is 2.25. The normalized spacial score (nSPS) is 11.0. The predicted octanol–water partition coefficient (Wildman–Crippen LogP) is 5.73. The first-order valence-electron chi connectivity index (χ1n) is 9.33. The van der Waals surface area contributed by atoms with Gasteiger partial charge in [0.25, 0.3) is 0 Å². The number of hydrogen-bond donors (Lipinski definition) is 1. The van der Waals surface area contributed by atoms with Gasteiger partial charge in [0.05, 0.1) is 11.9 Å². The number of fused-ring (bicyclic) bond motifs is 1. The first kappa shape index (κ1) is 19.6. The van der Waals surface area contributed by atoms with Crippen molar-refractivity contribution >= 4 is 44.9 Å². The van der Waals surface area contributed by atoms with Crippen molar-refractivity contribution in [2.45, 2.75) is 26.7 Å². The van der Waals surface area contributed by atoms with Crippen LogP contribution in [-0.4, -0.2) is 15.9 Å². The van der Waals surface area contributed by atoms with E-state index in [-0.39, 0.29) is 12.3 Å². The van der Waals surface area contributed by atoms with Crippen LogP contribution in [0.4, 0.5) is 5.13 Å². The Morgan fingerprint density at radius 1 is 1.10 bits per heavy atom. The maximum Gasteiger partial charge on any atom is 0.230 e. The predicted molar refractivity (Wildman–Crippen MR) is 120 cm³/mol. The topological polar surface area (TPSA) is 54.9 Å². The van der Waals surface area contributed by atoms with Crippen molar-refractivity contribution in [3.63, 3.8) is 0 Å². The number of carbonyl (C=O) groups excluding carboxylic acids is 1. The number of aromatic nitrogens is 2. The number of halogens is 1. The largest absolute Gasteiger partial charge is 0.302 e. The van der Waals surface area contributed by atoms with Crippen molar-refractivity contribution < 1.29 is 4.79 Å². The number of nitrogens with one attached hydrogen (secondary N) is 1. The number of nitrogens with zero attached hydrogens (tertiary/aromatic N) is 2. The quantitative estimate of drug-likeness (QED) is 0.447. The van der Waals surface area contributed by atoms with Gasteiger partial charge in [-0.2, -0.15) is 0 Å². The average molecular weight is 422 g/mol. The summed E-state index contributed by atoms with van der Waals surface area (Å²) in [5.41, 5.74) is 5.08. The number of amides is 1. The van der Waals surface area contributed by atoms with Gasteiger partial charge in [-0.25, -0.2) is 4.98 Å². The molecule has 2 aromatic carbocycles. The van der Waals surface area contributed by atoms with Crippen LogP contribution in [-0.2, 0) is 17.6 Å². The first-order chi connectivity index (χ1) is 14.0. The molecule has 1 N–H and O–H groups in total. The van der Waals surface area contributed by atoms with Crippen LogP contribution in [0.3, 0.4) is 0 Å². The molecule has 0 radical (unpaired) electrons. The standard InChI is InChI=1S/C23H20ClN3OS/c1-14-19-5-3-4-6-21(19)26-15(2)20(14)12-22(28)27-23-25-13-18(29-23)11-16-7-9-17(24)10-8-16/h3-10,13H,11-12H2,1-2H3,(H,25,27,28). The summed E-state index contributed by atoms with van der Waals surface area (Å²) in [7, 11) is 0. The summed E-state index contributed by atoms with van der Waals surface area (Å²) in [5, 5.41) is 5.35. The summed E-state index contributed by atoms with van der Waals surface area (Å²) in [4.78, 5) is 22.7. The van der Waals surface area contributed by atoms with Crippen molar-refractivity contribution in [3.05, 3.63) is 87.0 Å². The minimum Gasteiger partial charge on any atom is -0.302 e. The average Bonchev–Trinajstić information content (AvgIpc) is 3.13. The van der Waals surface area contributed by atoms with Gasteiger partial charge in [-0.1, -0.05) is 41.9 Å². The number of pyridine rings is 1. The number of aryl methyl sites for hydroxylation is 2. The molecular formula is C23H20ClN3OS. The molecule has 0 bridgehead atoms. The van der Waals surface area contributed by atoms with Crippen molar-refractivity contribution in [2.24, 2.45) is 0 Å².